The number of thioether (sulfide) groups is 1. The van der Waals surface area contributed by atoms with Crippen LogP contribution in [0.3, 0.4) is 0 Å². The van der Waals surface area contributed by atoms with Crippen molar-refractivity contribution in [2.45, 2.75) is 83.9 Å². The van der Waals surface area contributed by atoms with Crippen LogP contribution < -0.4 is 10.6 Å². The van der Waals surface area contributed by atoms with Crippen molar-refractivity contribution in [3.63, 3.8) is 0 Å². The highest BCUT2D eigenvalue weighted by atomic mass is 32.2. The van der Waals surface area contributed by atoms with E-state index in [9.17, 15) is 28.8 Å². The number of rotatable bonds is 13. The molecule has 0 radical (unpaired) electrons. The summed E-state index contributed by atoms with van der Waals surface area (Å²) in [6.07, 6.45) is -1.97. The monoisotopic (exact) mass is 655 g/mol. The molecule has 0 aromatic heterocycles. The van der Waals surface area contributed by atoms with E-state index in [1.165, 1.54) is 16.7 Å². The molecule has 13 heteroatoms. The molecule has 0 unspecified atom stereocenters. The van der Waals surface area contributed by atoms with Crippen molar-refractivity contribution in [2.75, 3.05) is 11.6 Å². The standard InChI is InChI=1S/C33H41N3O9S/c1-21(2)44-31(41)28(38)24(16-22-12-8-6-9-13-22)34-29(39)26-19-46-20-36(26)30(40)25(17-27(37)45-33(3,4)5)35-32(42)43-18-23-14-10-7-11-15-23/h6-15,21,24-26H,16-20H2,1-5H3,(H,34,39)(H,35,42)/t24-,25-,26-/m0/s1. The third kappa shape index (κ3) is 11.5. The summed E-state index contributed by atoms with van der Waals surface area (Å²) < 4.78 is 15.7. The fraction of sp³-hybridized carbons (Fsp3) is 0.455. The van der Waals surface area contributed by atoms with Crippen molar-refractivity contribution in [2.24, 2.45) is 0 Å². The largest absolute Gasteiger partial charge is 0.460 e. The van der Waals surface area contributed by atoms with Crippen LogP contribution in [0.5, 0.6) is 0 Å². The van der Waals surface area contributed by atoms with E-state index in [2.05, 4.69) is 10.6 Å². The third-order valence-corrected chi connectivity index (χ3v) is 7.53. The molecule has 2 N–H and O–H groups in total. The number of hydrogen-bond donors (Lipinski definition) is 2. The number of nitrogens with one attached hydrogen (secondary N) is 2. The van der Waals surface area contributed by atoms with E-state index in [1.54, 1.807) is 89.2 Å². The first-order valence-corrected chi connectivity index (χ1v) is 16.1. The van der Waals surface area contributed by atoms with Crippen molar-refractivity contribution in [3.8, 4) is 0 Å². The Labute approximate surface area is 272 Å². The van der Waals surface area contributed by atoms with Crippen LogP contribution in [0.4, 0.5) is 4.79 Å². The van der Waals surface area contributed by atoms with Gasteiger partial charge in [0.15, 0.2) is 0 Å². The number of carbonyl (C=O) groups is 6. The van der Waals surface area contributed by atoms with E-state index < -0.39 is 71.9 Å². The summed E-state index contributed by atoms with van der Waals surface area (Å²) in [5.41, 5.74) is 0.571. The van der Waals surface area contributed by atoms with Gasteiger partial charge in [0.2, 0.25) is 11.8 Å². The van der Waals surface area contributed by atoms with Gasteiger partial charge in [-0.15, -0.1) is 11.8 Å². The summed E-state index contributed by atoms with van der Waals surface area (Å²) in [5.74, 6) is -3.88. The minimum atomic E-state index is -1.41. The molecule has 12 nitrogen and oxygen atoms in total. The molecule has 3 atom stereocenters. The first-order valence-electron chi connectivity index (χ1n) is 14.9. The molecule has 0 aliphatic carbocycles. The number of alkyl carbamates (subject to hydrolysis) is 1. The Morgan fingerprint density at radius 3 is 2.09 bits per heavy atom. The lowest BCUT2D eigenvalue weighted by Crippen LogP contribution is -2.57. The molecule has 1 saturated heterocycles. The van der Waals surface area contributed by atoms with Crippen LogP contribution in [0.25, 0.3) is 0 Å². The predicted octanol–water partition coefficient (Wildman–Crippen LogP) is 3.16. The molecule has 2 aromatic carbocycles. The first kappa shape index (κ1) is 36.1. The highest BCUT2D eigenvalue weighted by molar-refractivity contribution is 7.99. The summed E-state index contributed by atoms with van der Waals surface area (Å²) in [6.45, 7) is 8.16. The van der Waals surface area contributed by atoms with E-state index in [1.807, 2.05) is 6.07 Å². The van der Waals surface area contributed by atoms with E-state index in [4.69, 9.17) is 14.2 Å². The van der Waals surface area contributed by atoms with Gasteiger partial charge < -0.3 is 29.7 Å². The molecule has 46 heavy (non-hydrogen) atoms. The first-order chi connectivity index (χ1) is 21.7. The fourth-order valence-electron chi connectivity index (χ4n) is 4.48. The lowest BCUT2D eigenvalue weighted by atomic mass is 10.0. The molecule has 1 heterocycles. The minimum Gasteiger partial charge on any atom is -0.460 e. The number of esters is 2. The van der Waals surface area contributed by atoms with Gasteiger partial charge in [-0.2, -0.15) is 0 Å². The van der Waals surface area contributed by atoms with Gasteiger partial charge in [-0.1, -0.05) is 60.7 Å². The van der Waals surface area contributed by atoms with Crippen LogP contribution in [-0.2, 0) is 51.2 Å². The molecule has 1 aliphatic heterocycles. The van der Waals surface area contributed by atoms with Crippen molar-refractivity contribution in [3.05, 3.63) is 71.8 Å². The Hall–Kier alpha value is -4.39. The fourth-order valence-corrected chi connectivity index (χ4v) is 5.64. The van der Waals surface area contributed by atoms with Gasteiger partial charge in [-0.3, -0.25) is 19.2 Å². The normalized spacial score (nSPS) is 15.8. The van der Waals surface area contributed by atoms with Gasteiger partial charge in [0, 0.05) is 12.2 Å². The Bertz CT molecular complexity index is 1380. The molecule has 0 spiro atoms. The maximum atomic E-state index is 13.8. The summed E-state index contributed by atoms with van der Waals surface area (Å²) >= 11 is 1.28. The number of nitrogens with zero attached hydrogens (tertiary/aromatic N) is 1. The zero-order valence-electron chi connectivity index (χ0n) is 26.6. The number of amides is 3. The molecular weight excluding hydrogens is 614 g/mol. The summed E-state index contributed by atoms with van der Waals surface area (Å²) in [7, 11) is 0. The summed E-state index contributed by atoms with van der Waals surface area (Å²) in [6, 6.07) is 14.0. The summed E-state index contributed by atoms with van der Waals surface area (Å²) in [5, 5.41) is 5.09. The zero-order valence-corrected chi connectivity index (χ0v) is 27.5. The average molecular weight is 656 g/mol. The van der Waals surface area contributed by atoms with Crippen molar-refractivity contribution in [1.29, 1.82) is 0 Å². The van der Waals surface area contributed by atoms with Gasteiger partial charge in [-0.05, 0) is 45.7 Å². The van der Waals surface area contributed by atoms with Crippen molar-refractivity contribution >= 4 is 47.4 Å². The third-order valence-electron chi connectivity index (χ3n) is 6.52. The second-order valence-corrected chi connectivity index (χ2v) is 12.9. The Morgan fingerprint density at radius 1 is 0.891 bits per heavy atom. The van der Waals surface area contributed by atoms with E-state index in [0.29, 0.717) is 5.56 Å². The van der Waals surface area contributed by atoms with Crippen LogP contribution in [0.2, 0.25) is 0 Å². The molecule has 1 fully saturated rings. The van der Waals surface area contributed by atoms with Crippen LogP contribution in [-0.4, -0.2) is 82.0 Å². The topological polar surface area (TPSA) is 157 Å². The SMILES string of the molecule is CC(C)OC(=O)C(=O)[C@H](Cc1ccccc1)NC(=O)[C@@H]1CSCN1C(=O)[C@H](CC(=O)OC(C)(C)C)NC(=O)OCc1ccccc1. The van der Waals surface area contributed by atoms with Crippen LogP contribution in [0.1, 0.15) is 52.2 Å². The van der Waals surface area contributed by atoms with Gasteiger partial charge in [-0.25, -0.2) is 9.59 Å². The molecular formula is C33H41N3O9S. The summed E-state index contributed by atoms with van der Waals surface area (Å²) in [4.78, 5) is 79.7. The molecule has 0 saturated carbocycles. The highest BCUT2D eigenvalue weighted by Crippen LogP contribution is 2.23. The van der Waals surface area contributed by atoms with E-state index >= 15 is 0 Å². The molecule has 3 rings (SSSR count). The Kier molecular flexibility index (Phi) is 13.2. The highest BCUT2D eigenvalue weighted by Gasteiger charge is 2.41. The van der Waals surface area contributed by atoms with Gasteiger partial charge >= 0.3 is 18.0 Å². The van der Waals surface area contributed by atoms with Gasteiger partial charge in [0.05, 0.1) is 18.4 Å². The van der Waals surface area contributed by atoms with E-state index in [0.717, 1.165) is 5.56 Å². The Morgan fingerprint density at radius 2 is 1.50 bits per heavy atom. The van der Waals surface area contributed by atoms with Crippen LogP contribution >= 0.6 is 11.8 Å². The van der Waals surface area contributed by atoms with Crippen molar-refractivity contribution in [1.82, 2.24) is 15.5 Å². The maximum Gasteiger partial charge on any atom is 0.408 e. The molecule has 1 aliphatic rings. The number of ether oxygens (including phenoxy) is 3. The zero-order chi connectivity index (χ0) is 33.9. The number of Topliss-reactive ketones (excluding diaryl/α,β-unsaturated/α-hetero) is 1. The van der Waals surface area contributed by atoms with Crippen LogP contribution in [0.15, 0.2) is 60.7 Å². The lowest BCUT2D eigenvalue weighted by Gasteiger charge is -2.29. The second-order valence-electron chi connectivity index (χ2n) is 11.9. The quantitative estimate of drug-likeness (QED) is 0.187. The molecule has 248 valence electrons. The van der Waals surface area contributed by atoms with E-state index in [-0.39, 0.29) is 24.7 Å². The number of carbonyl (C=O) groups excluding carboxylic acids is 6. The molecule has 0 bridgehead atoms. The van der Waals surface area contributed by atoms with Crippen LogP contribution in [0, 0.1) is 0 Å². The van der Waals surface area contributed by atoms with Gasteiger partial charge in [0.1, 0.15) is 30.3 Å². The average Bonchev–Trinajstić information content (AvgIpc) is 3.49. The lowest BCUT2D eigenvalue weighted by molar-refractivity contribution is -0.158. The second kappa shape index (κ2) is 16.8. The number of benzene rings is 2. The smallest absolute Gasteiger partial charge is 0.408 e. The molecule has 3 amide bonds. The van der Waals surface area contributed by atoms with Gasteiger partial charge in [0.25, 0.3) is 5.78 Å². The van der Waals surface area contributed by atoms with Crippen molar-refractivity contribution < 1.29 is 43.0 Å². The minimum absolute atomic E-state index is 0.0164. The maximum absolute atomic E-state index is 13.8. The number of ketones is 1. The molecule has 2 aromatic rings. The Balaban J connectivity index is 1.78. The number of hydrogen-bond acceptors (Lipinski definition) is 10. The predicted molar refractivity (Wildman–Crippen MR) is 170 cm³/mol.